The summed E-state index contributed by atoms with van der Waals surface area (Å²) in [6, 6.07) is 4.78. The van der Waals surface area contributed by atoms with Crippen LogP contribution in [-0.4, -0.2) is 24.7 Å². The molecule has 0 unspecified atom stereocenters. The van der Waals surface area contributed by atoms with Gasteiger partial charge in [0.15, 0.2) is 0 Å². The molecule has 4 heteroatoms. The van der Waals surface area contributed by atoms with Gasteiger partial charge in [0, 0.05) is 13.6 Å². The van der Waals surface area contributed by atoms with Crippen LogP contribution in [0.2, 0.25) is 5.02 Å². The maximum absolute atomic E-state index is 10.7. The second-order valence-electron chi connectivity index (χ2n) is 3.39. The molecule has 0 aliphatic rings. The Kier molecular flexibility index (Phi) is 3.97. The minimum atomic E-state index is -0.957. The predicted molar refractivity (Wildman–Crippen MR) is 62.0 cm³/mol. The van der Waals surface area contributed by atoms with Gasteiger partial charge in [0.25, 0.3) is 0 Å². The fourth-order valence-corrected chi connectivity index (χ4v) is 1.73. The fourth-order valence-electron chi connectivity index (χ4n) is 1.41. The number of carbonyl (C=O) groups is 1. The SMILES string of the molecule is CCCN(C)c1ccc(C(=O)O)cc1Cl. The summed E-state index contributed by atoms with van der Waals surface area (Å²) in [6.07, 6.45) is 1.02. The van der Waals surface area contributed by atoms with Crippen molar-refractivity contribution in [1.82, 2.24) is 0 Å². The zero-order chi connectivity index (χ0) is 11.4. The zero-order valence-corrected chi connectivity index (χ0v) is 9.58. The lowest BCUT2D eigenvalue weighted by atomic mass is 10.2. The molecule has 0 fully saturated rings. The number of halogens is 1. The van der Waals surface area contributed by atoms with E-state index in [2.05, 4.69) is 6.92 Å². The van der Waals surface area contributed by atoms with Gasteiger partial charge in [-0.15, -0.1) is 0 Å². The highest BCUT2D eigenvalue weighted by Crippen LogP contribution is 2.26. The second kappa shape index (κ2) is 5.03. The van der Waals surface area contributed by atoms with Crippen LogP contribution in [0, 0.1) is 0 Å². The van der Waals surface area contributed by atoms with Crippen molar-refractivity contribution >= 4 is 23.3 Å². The number of hydrogen-bond donors (Lipinski definition) is 1. The van der Waals surface area contributed by atoms with Crippen molar-refractivity contribution in [2.24, 2.45) is 0 Å². The van der Waals surface area contributed by atoms with Gasteiger partial charge in [-0.3, -0.25) is 0 Å². The summed E-state index contributed by atoms with van der Waals surface area (Å²) in [7, 11) is 1.94. The Bertz CT molecular complexity index is 366. The Morgan fingerprint density at radius 3 is 2.67 bits per heavy atom. The average Bonchev–Trinajstić information content (AvgIpc) is 2.17. The van der Waals surface area contributed by atoms with E-state index >= 15 is 0 Å². The summed E-state index contributed by atoms with van der Waals surface area (Å²) in [5.74, 6) is -0.957. The molecule has 0 amide bonds. The summed E-state index contributed by atoms with van der Waals surface area (Å²) in [5.41, 5.74) is 1.08. The molecule has 1 N–H and O–H groups in total. The average molecular weight is 228 g/mol. The third-order valence-electron chi connectivity index (χ3n) is 2.16. The van der Waals surface area contributed by atoms with Crippen LogP contribution in [0.5, 0.6) is 0 Å². The van der Waals surface area contributed by atoms with Crippen LogP contribution in [0.3, 0.4) is 0 Å². The Morgan fingerprint density at radius 2 is 2.20 bits per heavy atom. The predicted octanol–water partition coefficient (Wildman–Crippen LogP) is 2.88. The first kappa shape index (κ1) is 11.9. The molecule has 0 radical (unpaired) electrons. The number of rotatable bonds is 4. The molecule has 0 heterocycles. The normalized spacial score (nSPS) is 10.1. The summed E-state index contributed by atoms with van der Waals surface area (Å²) in [4.78, 5) is 12.7. The minimum Gasteiger partial charge on any atom is -0.478 e. The Morgan fingerprint density at radius 1 is 1.53 bits per heavy atom. The van der Waals surface area contributed by atoms with E-state index in [1.165, 1.54) is 6.07 Å². The molecule has 0 bridgehead atoms. The maximum Gasteiger partial charge on any atom is 0.335 e. The quantitative estimate of drug-likeness (QED) is 0.860. The van der Waals surface area contributed by atoms with Crippen molar-refractivity contribution in [2.45, 2.75) is 13.3 Å². The molecule has 0 aliphatic carbocycles. The Hall–Kier alpha value is -1.22. The largest absolute Gasteiger partial charge is 0.478 e. The highest BCUT2D eigenvalue weighted by atomic mass is 35.5. The summed E-state index contributed by atoms with van der Waals surface area (Å²) in [5, 5.41) is 9.25. The minimum absolute atomic E-state index is 0.216. The van der Waals surface area contributed by atoms with E-state index in [0.717, 1.165) is 18.7 Å². The standard InChI is InChI=1S/C11H14ClNO2/c1-3-6-13(2)10-5-4-8(11(14)15)7-9(10)12/h4-5,7H,3,6H2,1-2H3,(H,14,15). The van der Waals surface area contributed by atoms with Gasteiger partial charge in [0.1, 0.15) is 0 Å². The summed E-state index contributed by atoms with van der Waals surface area (Å²) in [6.45, 7) is 2.97. The molecule has 0 saturated heterocycles. The number of nitrogens with zero attached hydrogens (tertiary/aromatic N) is 1. The van der Waals surface area contributed by atoms with Gasteiger partial charge < -0.3 is 10.0 Å². The van der Waals surface area contributed by atoms with Gasteiger partial charge in [0.2, 0.25) is 0 Å². The lowest BCUT2D eigenvalue weighted by Crippen LogP contribution is -2.18. The first-order valence-electron chi connectivity index (χ1n) is 4.80. The zero-order valence-electron chi connectivity index (χ0n) is 8.83. The summed E-state index contributed by atoms with van der Waals surface area (Å²) >= 11 is 6.00. The topological polar surface area (TPSA) is 40.5 Å². The number of carboxylic acid groups (broad SMARTS) is 1. The van der Waals surface area contributed by atoms with Crippen LogP contribution in [-0.2, 0) is 0 Å². The van der Waals surface area contributed by atoms with Crippen LogP contribution >= 0.6 is 11.6 Å². The van der Waals surface area contributed by atoms with Crippen LogP contribution in [0.15, 0.2) is 18.2 Å². The number of aromatic carboxylic acids is 1. The van der Waals surface area contributed by atoms with Gasteiger partial charge in [-0.2, -0.15) is 0 Å². The van der Waals surface area contributed by atoms with Crippen molar-refractivity contribution in [3.05, 3.63) is 28.8 Å². The van der Waals surface area contributed by atoms with E-state index in [9.17, 15) is 4.79 Å². The van der Waals surface area contributed by atoms with Gasteiger partial charge in [-0.25, -0.2) is 4.79 Å². The van der Waals surface area contributed by atoms with Gasteiger partial charge >= 0.3 is 5.97 Å². The van der Waals surface area contributed by atoms with Crippen molar-refractivity contribution in [1.29, 1.82) is 0 Å². The monoisotopic (exact) mass is 227 g/mol. The number of benzene rings is 1. The van der Waals surface area contributed by atoms with E-state index in [4.69, 9.17) is 16.7 Å². The Labute approximate surface area is 94.3 Å². The van der Waals surface area contributed by atoms with E-state index in [1.54, 1.807) is 12.1 Å². The molecule has 0 atom stereocenters. The molecular weight excluding hydrogens is 214 g/mol. The third kappa shape index (κ3) is 2.86. The van der Waals surface area contributed by atoms with E-state index in [1.807, 2.05) is 11.9 Å². The molecule has 82 valence electrons. The smallest absolute Gasteiger partial charge is 0.335 e. The first-order chi connectivity index (χ1) is 7.06. The van der Waals surface area contributed by atoms with E-state index in [-0.39, 0.29) is 5.56 Å². The van der Waals surface area contributed by atoms with Crippen molar-refractivity contribution in [2.75, 3.05) is 18.5 Å². The van der Waals surface area contributed by atoms with Gasteiger partial charge in [0.05, 0.1) is 16.3 Å². The van der Waals surface area contributed by atoms with Crippen LogP contribution in [0.1, 0.15) is 23.7 Å². The number of carboxylic acids is 1. The lowest BCUT2D eigenvalue weighted by Gasteiger charge is -2.19. The molecule has 1 rings (SSSR count). The molecule has 0 saturated carbocycles. The highest BCUT2D eigenvalue weighted by Gasteiger charge is 2.09. The third-order valence-corrected chi connectivity index (χ3v) is 2.47. The number of anilines is 1. The van der Waals surface area contributed by atoms with Crippen molar-refractivity contribution < 1.29 is 9.90 Å². The molecule has 0 spiro atoms. The lowest BCUT2D eigenvalue weighted by molar-refractivity contribution is 0.0697. The molecular formula is C11H14ClNO2. The molecule has 3 nitrogen and oxygen atoms in total. The Balaban J connectivity index is 2.97. The molecule has 1 aromatic rings. The van der Waals surface area contributed by atoms with Crippen LogP contribution in [0.25, 0.3) is 0 Å². The van der Waals surface area contributed by atoms with Crippen LogP contribution in [0.4, 0.5) is 5.69 Å². The van der Waals surface area contributed by atoms with E-state index < -0.39 is 5.97 Å². The second-order valence-corrected chi connectivity index (χ2v) is 3.80. The molecule has 15 heavy (non-hydrogen) atoms. The van der Waals surface area contributed by atoms with Crippen LogP contribution < -0.4 is 4.90 Å². The molecule has 1 aromatic carbocycles. The molecule has 0 aliphatic heterocycles. The van der Waals surface area contributed by atoms with E-state index in [0.29, 0.717) is 5.02 Å². The van der Waals surface area contributed by atoms with Crippen molar-refractivity contribution in [3.63, 3.8) is 0 Å². The van der Waals surface area contributed by atoms with Gasteiger partial charge in [-0.05, 0) is 24.6 Å². The number of hydrogen-bond acceptors (Lipinski definition) is 2. The maximum atomic E-state index is 10.7. The van der Waals surface area contributed by atoms with Crippen molar-refractivity contribution in [3.8, 4) is 0 Å². The fraction of sp³-hybridized carbons (Fsp3) is 0.364. The highest BCUT2D eigenvalue weighted by molar-refractivity contribution is 6.33. The first-order valence-corrected chi connectivity index (χ1v) is 5.18. The van der Waals surface area contributed by atoms with Gasteiger partial charge in [-0.1, -0.05) is 18.5 Å². The molecule has 0 aromatic heterocycles. The summed E-state index contributed by atoms with van der Waals surface area (Å²) < 4.78 is 0.